The van der Waals surface area contributed by atoms with E-state index in [1.54, 1.807) is 0 Å². The van der Waals surface area contributed by atoms with E-state index in [0.717, 1.165) is 0 Å². The van der Waals surface area contributed by atoms with E-state index in [2.05, 4.69) is 4.52 Å². The lowest BCUT2D eigenvalue weighted by atomic mass is 11.4. The molecule has 0 aliphatic heterocycles. The fourth-order valence-electron chi connectivity index (χ4n) is 0.0868. The quantitative estimate of drug-likeness (QED) is 0.496. The summed E-state index contributed by atoms with van der Waals surface area (Å²) in [6, 6.07) is 0. The molecule has 0 aromatic carbocycles. The molecule has 0 saturated carbocycles. The fourth-order valence-corrected chi connectivity index (χ4v) is 0.598. The highest BCUT2D eigenvalue weighted by Gasteiger charge is 2.11. The second kappa shape index (κ2) is 2.90. The molecule has 6 heteroatoms. The molecule has 0 spiro atoms. The van der Waals surface area contributed by atoms with Gasteiger partial charge in [-0.05, 0) is 22.5 Å². The minimum absolute atomic E-state index is 0.218. The highest BCUT2D eigenvalue weighted by Crippen LogP contribution is 2.57. The highest BCUT2D eigenvalue weighted by atomic mass is 35.9. The van der Waals surface area contributed by atoms with Crippen LogP contribution in [0.5, 0.6) is 0 Å². The predicted octanol–water partition coefficient (Wildman–Crippen LogP) is 1.50. The van der Waals surface area contributed by atoms with Crippen LogP contribution in [0.25, 0.3) is 0 Å². The normalized spacial score (nSPS) is 11.9. The van der Waals surface area contributed by atoms with Crippen LogP contribution >= 0.6 is 28.6 Å². The monoisotopic (exact) mass is 163 g/mol. The number of halogens is 2. The molecule has 2 N–H and O–H groups in total. The summed E-state index contributed by atoms with van der Waals surface area (Å²) in [4.78, 5) is 0. The maximum atomic E-state index is 10.0. The Morgan fingerprint density at radius 3 is 2.14 bits per heavy atom. The van der Waals surface area contributed by atoms with E-state index in [4.69, 9.17) is 28.2 Å². The first-order chi connectivity index (χ1) is 3.06. The van der Waals surface area contributed by atoms with Gasteiger partial charge in [0.05, 0.1) is 0 Å². The maximum Gasteiger partial charge on any atom is 0.381 e. The van der Waals surface area contributed by atoms with Crippen molar-refractivity contribution >= 4 is 28.6 Å². The van der Waals surface area contributed by atoms with E-state index in [1.165, 1.54) is 0 Å². The van der Waals surface area contributed by atoms with Crippen molar-refractivity contribution < 1.29 is 9.09 Å². The number of hydrogen-bond donors (Lipinski definition) is 1. The Hall–Kier alpha value is 0.730. The lowest BCUT2D eigenvalue weighted by Gasteiger charge is -1.96. The molecule has 0 aliphatic carbocycles. The van der Waals surface area contributed by atoms with Crippen LogP contribution in [0.2, 0.25) is 0 Å². The molecule has 0 saturated heterocycles. The third-order valence-electron chi connectivity index (χ3n) is 0.225. The Balaban J connectivity index is 3.36. The molecule has 0 heterocycles. The number of hydrogen-bond acceptors (Lipinski definition) is 3. The van der Waals surface area contributed by atoms with E-state index in [1.807, 2.05) is 0 Å². The molecule has 0 aliphatic rings. The largest absolute Gasteiger partial charge is 0.381 e. The maximum absolute atomic E-state index is 10.0. The van der Waals surface area contributed by atoms with Crippen molar-refractivity contribution in [1.82, 2.24) is 0 Å². The predicted molar refractivity (Wildman–Crippen MR) is 29.5 cm³/mol. The summed E-state index contributed by atoms with van der Waals surface area (Å²) in [6.45, 7) is -0.218. The summed E-state index contributed by atoms with van der Waals surface area (Å²) < 4.78 is 14.1. The lowest BCUT2D eigenvalue weighted by Crippen LogP contribution is -1.98. The first kappa shape index (κ1) is 7.73. The average Bonchev–Trinajstić information content (AvgIpc) is 1.30. The summed E-state index contributed by atoms with van der Waals surface area (Å²) in [5.74, 6) is 0. The summed E-state index contributed by atoms with van der Waals surface area (Å²) in [5, 5.41) is 0. The first-order valence-electron chi connectivity index (χ1n) is 1.40. The van der Waals surface area contributed by atoms with Crippen LogP contribution in [-0.2, 0) is 9.09 Å². The van der Waals surface area contributed by atoms with Gasteiger partial charge in [-0.15, -0.1) is 0 Å². The third kappa shape index (κ3) is 6.73. The standard InChI is InChI=1S/CH4Cl2NO2P/c2-7(3,5)6-1-4/h1,4H2. The fraction of sp³-hybridized carbons (Fsp3) is 1.00. The van der Waals surface area contributed by atoms with Crippen molar-refractivity contribution in [1.29, 1.82) is 0 Å². The topological polar surface area (TPSA) is 52.3 Å². The minimum Gasteiger partial charge on any atom is -0.308 e. The van der Waals surface area contributed by atoms with Gasteiger partial charge in [-0.2, -0.15) is 0 Å². The Bertz CT molecular complexity index is 89.7. The van der Waals surface area contributed by atoms with Crippen LogP contribution in [0.15, 0.2) is 0 Å². The molecule has 0 atom stereocenters. The van der Waals surface area contributed by atoms with Crippen molar-refractivity contribution in [3.05, 3.63) is 0 Å². The number of nitrogens with two attached hydrogens (primary N) is 1. The molecule has 7 heavy (non-hydrogen) atoms. The van der Waals surface area contributed by atoms with Gasteiger partial charge in [-0.3, -0.25) is 9.09 Å². The van der Waals surface area contributed by atoms with Crippen LogP contribution < -0.4 is 5.73 Å². The lowest BCUT2D eigenvalue weighted by molar-refractivity contribution is 0.345. The van der Waals surface area contributed by atoms with Gasteiger partial charge in [0.15, 0.2) is 0 Å². The van der Waals surface area contributed by atoms with Gasteiger partial charge < -0.3 is 5.73 Å². The van der Waals surface area contributed by atoms with Crippen molar-refractivity contribution in [3.8, 4) is 0 Å². The molecule has 0 amide bonds. The van der Waals surface area contributed by atoms with Gasteiger partial charge in [0.2, 0.25) is 0 Å². The van der Waals surface area contributed by atoms with E-state index in [-0.39, 0.29) is 6.73 Å². The van der Waals surface area contributed by atoms with Gasteiger partial charge in [0.1, 0.15) is 6.73 Å². The summed E-state index contributed by atoms with van der Waals surface area (Å²) >= 11 is 9.70. The minimum atomic E-state index is -3.35. The second-order valence-corrected chi connectivity index (χ2v) is 4.99. The van der Waals surface area contributed by atoms with Crippen LogP contribution in [0.1, 0.15) is 0 Å². The number of rotatable bonds is 2. The smallest absolute Gasteiger partial charge is 0.308 e. The van der Waals surface area contributed by atoms with Gasteiger partial charge in [-0.1, -0.05) is 0 Å². The van der Waals surface area contributed by atoms with Gasteiger partial charge >= 0.3 is 6.07 Å². The zero-order chi connectivity index (χ0) is 5.91. The molecular weight excluding hydrogens is 160 g/mol. The molecule has 44 valence electrons. The Labute approximate surface area is 50.8 Å². The summed E-state index contributed by atoms with van der Waals surface area (Å²) in [5.41, 5.74) is 4.75. The molecule has 0 unspecified atom stereocenters. The van der Waals surface area contributed by atoms with Crippen LogP contribution in [0, 0.1) is 0 Å². The molecular formula is CH4Cl2NO2P. The van der Waals surface area contributed by atoms with E-state index in [0.29, 0.717) is 0 Å². The van der Waals surface area contributed by atoms with Crippen LogP contribution in [0.3, 0.4) is 0 Å². The molecule has 0 radical (unpaired) electrons. The zero-order valence-electron chi connectivity index (χ0n) is 3.30. The molecule has 0 rings (SSSR count). The SMILES string of the molecule is NCOP(=O)(Cl)Cl. The van der Waals surface area contributed by atoms with Crippen molar-refractivity contribution in [2.45, 2.75) is 0 Å². The van der Waals surface area contributed by atoms with Crippen molar-refractivity contribution in [2.24, 2.45) is 5.73 Å². The molecule has 0 bridgehead atoms. The van der Waals surface area contributed by atoms with Crippen molar-refractivity contribution in [2.75, 3.05) is 6.73 Å². The molecule has 0 aromatic heterocycles. The van der Waals surface area contributed by atoms with E-state index in [9.17, 15) is 4.57 Å². The Morgan fingerprint density at radius 1 is 1.71 bits per heavy atom. The van der Waals surface area contributed by atoms with Gasteiger partial charge in [0.25, 0.3) is 0 Å². The van der Waals surface area contributed by atoms with Crippen LogP contribution in [-0.4, -0.2) is 6.73 Å². The molecule has 0 fully saturated rings. The zero-order valence-corrected chi connectivity index (χ0v) is 5.71. The van der Waals surface area contributed by atoms with Crippen molar-refractivity contribution in [3.63, 3.8) is 0 Å². The summed E-state index contributed by atoms with van der Waals surface area (Å²) in [6.07, 6.45) is -3.35. The average molecular weight is 164 g/mol. The van der Waals surface area contributed by atoms with Gasteiger partial charge in [0, 0.05) is 0 Å². The summed E-state index contributed by atoms with van der Waals surface area (Å²) in [7, 11) is 0. The van der Waals surface area contributed by atoms with E-state index < -0.39 is 6.07 Å². The van der Waals surface area contributed by atoms with Crippen LogP contribution in [0.4, 0.5) is 0 Å². The second-order valence-electron chi connectivity index (χ2n) is 0.710. The molecule has 3 nitrogen and oxygen atoms in total. The molecule has 0 aromatic rings. The van der Waals surface area contributed by atoms with E-state index >= 15 is 0 Å². The Kier molecular flexibility index (Phi) is 3.20. The Morgan fingerprint density at radius 2 is 2.14 bits per heavy atom. The third-order valence-corrected chi connectivity index (χ3v) is 1.26. The first-order valence-corrected chi connectivity index (χ1v) is 4.83. The van der Waals surface area contributed by atoms with Gasteiger partial charge in [-0.25, -0.2) is 0 Å². The highest BCUT2D eigenvalue weighted by molar-refractivity contribution is 8.05.